The van der Waals surface area contributed by atoms with E-state index in [1.54, 1.807) is 30.1 Å². The predicted octanol–water partition coefficient (Wildman–Crippen LogP) is 8.93. The van der Waals surface area contributed by atoms with Gasteiger partial charge in [0.25, 0.3) is 0 Å². The third-order valence-corrected chi connectivity index (χ3v) is 14.6. The van der Waals surface area contributed by atoms with Crippen LogP contribution in [0.1, 0.15) is 112 Å². The summed E-state index contributed by atoms with van der Waals surface area (Å²) < 4.78 is 1.63. The molecule has 190 valence electrons. The van der Waals surface area contributed by atoms with E-state index in [4.69, 9.17) is 0 Å². The molecule has 0 radical (unpaired) electrons. The molecule has 0 bridgehead atoms. The third kappa shape index (κ3) is 4.72. The molecule has 0 nitrogen and oxygen atoms in total. The van der Waals surface area contributed by atoms with E-state index in [2.05, 4.69) is 65.0 Å². The topological polar surface area (TPSA) is 0 Å². The van der Waals surface area contributed by atoms with Crippen LogP contribution in [-0.2, 0) is 0 Å². The Balaban J connectivity index is 1.24. The monoisotopic (exact) mass is 528 g/mol. The van der Waals surface area contributed by atoms with Gasteiger partial charge in [-0.05, 0) is 5.92 Å². The molecule has 4 saturated carbocycles. The van der Waals surface area contributed by atoms with Gasteiger partial charge in [0, 0.05) is 0 Å². The van der Waals surface area contributed by atoms with Gasteiger partial charge in [-0.1, -0.05) is 20.3 Å². The van der Waals surface area contributed by atoms with Crippen molar-refractivity contribution in [1.82, 2.24) is 0 Å². The van der Waals surface area contributed by atoms with Crippen molar-refractivity contribution in [2.45, 2.75) is 116 Å². The molecule has 0 heterocycles. The van der Waals surface area contributed by atoms with Crippen molar-refractivity contribution < 1.29 is 0 Å². The second-order valence-corrected chi connectivity index (χ2v) is 16.9. The summed E-state index contributed by atoms with van der Waals surface area (Å²) in [5.41, 5.74) is 1.30. The van der Waals surface area contributed by atoms with Crippen LogP contribution >= 0.6 is 0 Å². The molecule has 0 aromatic heterocycles. The molecule has 9 atom stereocenters. The summed E-state index contributed by atoms with van der Waals surface area (Å²) in [4.78, 5) is 0.987. The second kappa shape index (κ2) is 10.2. The molecular weight excluding hydrogens is 475 g/mol. The van der Waals surface area contributed by atoms with Gasteiger partial charge in [0.1, 0.15) is 0 Å². The van der Waals surface area contributed by atoms with Crippen LogP contribution in [0.25, 0.3) is 0 Å². The van der Waals surface area contributed by atoms with E-state index in [1.807, 2.05) is 0 Å². The van der Waals surface area contributed by atoms with Gasteiger partial charge < -0.3 is 0 Å². The molecule has 1 heteroatoms. The Morgan fingerprint density at radius 2 is 1.56 bits per heavy atom. The number of hydrogen-bond acceptors (Lipinski definition) is 0. The minimum atomic E-state index is 0.647. The Morgan fingerprint density at radius 3 is 2.32 bits per heavy atom. The van der Waals surface area contributed by atoms with Gasteiger partial charge in [0.05, 0.1) is 0 Å². The van der Waals surface area contributed by atoms with Crippen LogP contribution in [0.3, 0.4) is 0 Å². The van der Waals surface area contributed by atoms with E-state index in [9.17, 15) is 0 Å². The molecule has 0 spiro atoms. The van der Waals surface area contributed by atoms with Gasteiger partial charge >= 0.3 is 192 Å². The molecule has 5 rings (SSSR count). The number of rotatable bonds is 7. The molecule has 0 saturated heterocycles. The van der Waals surface area contributed by atoms with Crippen LogP contribution in [0, 0.1) is 52.3 Å². The van der Waals surface area contributed by atoms with E-state index >= 15 is 0 Å². The van der Waals surface area contributed by atoms with Gasteiger partial charge in [-0.3, -0.25) is 0 Å². The Kier molecular flexibility index (Phi) is 7.65. The second-order valence-electron chi connectivity index (χ2n) is 14.0. The maximum atomic E-state index is 2.77. The fourth-order valence-corrected chi connectivity index (χ4v) is 12.7. The molecule has 0 aliphatic heterocycles. The summed E-state index contributed by atoms with van der Waals surface area (Å²) in [6.07, 6.45) is 18.2. The average Bonchev–Trinajstić information content (AvgIpc) is 3.17. The van der Waals surface area contributed by atoms with E-state index in [0.29, 0.717) is 25.8 Å². The van der Waals surface area contributed by atoms with E-state index in [0.717, 1.165) is 46.2 Å². The molecule has 4 fully saturated rings. The van der Waals surface area contributed by atoms with Crippen LogP contribution in [0.2, 0.25) is 4.82 Å². The molecular formula is C33H52Se. The molecule has 4 aliphatic carbocycles. The van der Waals surface area contributed by atoms with E-state index in [-0.39, 0.29) is 0 Å². The fourth-order valence-electron chi connectivity index (χ4n) is 10.0. The van der Waals surface area contributed by atoms with Crippen molar-refractivity contribution in [1.29, 1.82) is 0 Å². The van der Waals surface area contributed by atoms with E-state index in [1.165, 1.54) is 51.4 Å². The first kappa shape index (κ1) is 25.4. The standard InChI is InChI=1S/C33H52Se/c1-23(2)10-9-11-24(3)29-16-17-30-28-15-14-25-22-27(34-26-12-7-6-8-13-26)18-20-32(25,4)31(28)19-21-33(29,30)5/h6-8,12-13,23-25,27-31H,9-11,14-22H2,1-5H3/t24-,25?,27?,28+,29-,30+,31+,32+,33-/m1/s1. The van der Waals surface area contributed by atoms with Crippen LogP contribution in [-0.4, -0.2) is 15.0 Å². The van der Waals surface area contributed by atoms with Crippen molar-refractivity contribution in [2.24, 2.45) is 52.3 Å². The van der Waals surface area contributed by atoms with Crippen molar-refractivity contribution in [3.8, 4) is 0 Å². The quantitative estimate of drug-likeness (QED) is 0.311. The fraction of sp³-hybridized carbons (Fsp3) is 0.818. The number of hydrogen-bond donors (Lipinski definition) is 0. The van der Waals surface area contributed by atoms with Crippen molar-refractivity contribution >= 4 is 19.4 Å². The normalized spacial score (nSPS) is 42.6. The summed E-state index contributed by atoms with van der Waals surface area (Å²) in [6.45, 7) is 12.9. The Morgan fingerprint density at radius 1 is 0.824 bits per heavy atom. The van der Waals surface area contributed by atoms with E-state index < -0.39 is 0 Å². The zero-order chi connectivity index (χ0) is 23.9. The van der Waals surface area contributed by atoms with Crippen molar-refractivity contribution in [3.05, 3.63) is 30.3 Å². The zero-order valence-electron chi connectivity index (χ0n) is 22.9. The van der Waals surface area contributed by atoms with Gasteiger partial charge in [-0.15, -0.1) is 0 Å². The minimum absolute atomic E-state index is 0.647. The molecule has 4 aliphatic rings. The van der Waals surface area contributed by atoms with Crippen LogP contribution in [0.4, 0.5) is 0 Å². The van der Waals surface area contributed by atoms with Crippen molar-refractivity contribution in [2.75, 3.05) is 0 Å². The zero-order valence-corrected chi connectivity index (χ0v) is 24.6. The Hall–Kier alpha value is -0.261. The van der Waals surface area contributed by atoms with Gasteiger partial charge in [-0.25, -0.2) is 0 Å². The molecule has 0 amide bonds. The molecule has 1 aromatic rings. The van der Waals surface area contributed by atoms with Crippen LogP contribution in [0.5, 0.6) is 0 Å². The third-order valence-electron chi connectivity index (χ3n) is 11.9. The molecule has 0 N–H and O–H groups in total. The number of fused-ring (bicyclic) bond motifs is 5. The SMILES string of the molecule is CC(C)CCC[C@@H](C)[C@H]1CC[C@H]2[C@@H]3CCC4CC([Se]c5ccccc5)CC[C@]4(C)[C@H]3CC[C@]12C. The first-order valence-corrected chi connectivity index (χ1v) is 16.9. The summed E-state index contributed by atoms with van der Waals surface area (Å²) >= 11 is 0.676. The molecule has 1 aromatic carbocycles. The van der Waals surface area contributed by atoms with Gasteiger partial charge in [0.15, 0.2) is 0 Å². The summed E-state index contributed by atoms with van der Waals surface area (Å²) in [6, 6.07) is 11.4. The van der Waals surface area contributed by atoms with Gasteiger partial charge in [0.2, 0.25) is 0 Å². The van der Waals surface area contributed by atoms with Gasteiger partial charge in [-0.2, -0.15) is 0 Å². The summed E-state index contributed by atoms with van der Waals surface area (Å²) in [5, 5.41) is 0. The molecule has 2 unspecified atom stereocenters. The average molecular weight is 528 g/mol. The predicted molar refractivity (Wildman–Crippen MR) is 149 cm³/mol. The first-order valence-electron chi connectivity index (χ1n) is 15.0. The summed E-state index contributed by atoms with van der Waals surface area (Å²) in [5.74, 6) is 6.93. The van der Waals surface area contributed by atoms with Crippen LogP contribution < -0.4 is 4.46 Å². The Bertz CT molecular complexity index is 800. The maximum absolute atomic E-state index is 2.77. The first-order chi connectivity index (χ1) is 16.3. The van der Waals surface area contributed by atoms with Crippen molar-refractivity contribution in [3.63, 3.8) is 0 Å². The number of benzene rings is 1. The summed E-state index contributed by atoms with van der Waals surface area (Å²) in [7, 11) is 0. The molecule has 34 heavy (non-hydrogen) atoms. The van der Waals surface area contributed by atoms with Crippen LogP contribution in [0.15, 0.2) is 30.3 Å². The Labute approximate surface area is 218 Å².